The van der Waals surface area contributed by atoms with Crippen molar-refractivity contribution in [2.75, 3.05) is 13.7 Å². The minimum Gasteiger partial charge on any atom is -0.495 e. The van der Waals surface area contributed by atoms with Crippen molar-refractivity contribution in [1.82, 2.24) is 4.98 Å². The van der Waals surface area contributed by atoms with Crippen LogP contribution in [0.4, 0.5) is 0 Å². The Morgan fingerprint density at radius 3 is 3.13 bits per heavy atom. The van der Waals surface area contributed by atoms with E-state index < -0.39 is 0 Å². The molecule has 0 saturated carbocycles. The first-order valence-electron chi connectivity index (χ1n) is 4.92. The van der Waals surface area contributed by atoms with Gasteiger partial charge in [-0.2, -0.15) is 0 Å². The van der Waals surface area contributed by atoms with Gasteiger partial charge in [-0.25, -0.2) is 0 Å². The zero-order valence-corrected chi connectivity index (χ0v) is 8.60. The van der Waals surface area contributed by atoms with Gasteiger partial charge in [0.25, 0.3) is 0 Å². The monoisotopic (exact) mass is 207 g/mol. The van der Waals surface area contributed by atoms with E-state index in [-0.39, 0.29) is 11.9 Å². The smallest absolute Gasteiger partial charge is 0.138 e. The highest BCUT2D eigenvalue weighted by atomic mass is 16.5. The first kappa shape index (κ1) is 10.1. The van der Waals surface area contributed by atoms with E-state index in [4.69, 9.17) is 9.47 Å². The molecule has 1 atom stereocenters. The number of pyridine rings is 1. The van der Waals surface area contributed by atoms with Crippen LogP contribution in [0.25, 0.3) is 0 Å². The molecule has 1 aromatic rings. The highest BCUT2D eigenvalue weighted by Crippen LogP contribution is 2.27. The van der Waals surface area contributed by atoms with Crippen LogP contribution in [0.1, 0.15) is 24.5 Å². The van der Waals surface area contributed by atoms with E-state index in [9.17, 15) is 4.79 Å². The van der Waals surface area contributed by atoms with Gasteiger partial charge in [0.05, 0.1) is 26.0 Å². The van der Waals surface area contributed by atoms with Crippen LogP contribution in [0.15, 0.2) is 18.5 Å². The van der Waals surface area contributed by atoms with Gasteiger partial charge in [0.15, 0.2) is 0 Å². The number of carbonyl (C=O) groups is 1. The molecule has 1 aliphatic heterocycles. The lowest BCUT2D eigenvalue weighted by atomic mass is 10.0. The number of methoxy groups -OCH3 is 1. The van der Waals surface area contributed by atoms with Crippen LogP contribution in [0, 0.1) is 0 Å². The molecule has 4 heteroatoms. The third kappa shape index (κ3) is 2.33. The molecule has 0 bridgehead atoms. The van der Waals surface area contributed by atoms with E-state index >= 15 is 0 Å². The Labute approximate surface area is 88.2 Å². The Morgan fingerprint density at radius 1 is 1.53 bits per heavy atom. The maximum absolute atomic E-state index is 11.3. The molecule has 1 saturated heterocycles. The van der Waals surface area contributed by atoms with E-state index in [1.165, 1.54) is 0 Å². The van der Waals surface area contributed by atoms with E-state index in [1.807, 2.05) is 6.07 Å². The van der Waals surface area contributed by atoms with Crippen molar-refractivity contribution in [1.29, 1.82) is 0 Å². The second-order valence-electron chi connectivity index (χ2n) is 3.51. The minimum absolute atomic E-state index is 0.158. The molecule has 0 aromatic carbocycles. The second-order valence-corrected chi connectivity index (χ2v) is 3.51. The van der Waals surface area contributed by atoms with E-state index in [2.05, 4.69) is 4.98 Å². The van der Waals surface area contributed by atoms with Crippen LogP contribution >= 0.6 is 0 Å². The van der Waals surface area contributed by atoms with Crippen molar-refractivity contribution in [3.8, 4) is 5.75 Å². The van der Waals surface area contributed by atoms with Gasteiger partial charge in [-0.3, -0.25) is 9.78 Å². The Kier molecular flexibility index (Phi) is 2.97. The average molecular weight is 207 g/mol. The fraction of sp³-hybridized carbons (Fsp3) is 0.455. The summed E-state index contributed by atoms with van der Waals surface area (Å²) in [6.07, 6.45) is 4.15. The summed E-state index contributed by atoms with van der Waals surface area (Å²) in [6.45, 7) is 0.501. The van der Waals surface area contributed by atoms with Crippen molar-refractivity contribution in [3.63, 3.8) is 0 Å². The fourth-order valence-electron chi connectivity index (χ4n) is 1.62. The molecule has 1 aliphatic rings. The van der Waals surface area contributed by atoms with Crippen LogP contribution in [0.5, 0.6) is 5.75 Å². The van der Waals surface area contributed by atoms with Crippen LogP contribution in [-0.2, 0) is 9.53 Å². The zero-order chi connectivity index (χ0) is 10.7. The van der Waals surface area contributed by atoms with Crippen LogP contribution in [0.2, 0.25) is 0 Å². The molecule has 1 unspecified atom stereocenters. The van der Waals surface area contributed by atoms with Crippen molar-refractivity contribution >= 4 is 5.78 Å². The molecular formula is C11H13NO3. The lowest BCUT2D eigenvalue weighted by Crippen LogP contribution is -2.19. The van der Waals surface area contributed by atoms with Gasteiger partial charge in [0.1, 0.15) is 11.5 Å². The minimum atomic E-state index is -0.158. The number of nitrogens with zero attached hydrogens (tertiary/aromatic N) is 1. The fourth-order valence-corrected chi connectivity index (χ4v) is 1.62. The number of rotatable bonds is 2. The van der Waals surface area contributed by atoms with E-state index in [1.54, 1.807) is 19.5 Å². The number of hydrogen-bond acceptors (Lipinski definition) is 4. The highest BCUT2D eigenvalue weighted by molar-refractivity contribution is 5.79. The molecule has 1 aromatic heterocycles. The quantitative estimate of drug-likeness (QED) is 0.737. The summed E-state index contributed by atoms with van der Waals surface area (Å²) >= 11 is 0. The first-order valence-corrected chi connectivity index (χ1v) is 4.92. The lowest BCUT2D eigenvalue weighted by molar-refractivity contribution is -0.128. The van der Waals surface area contributed by atoms with Crippen molar-refractivity contribution < 1.29 is 14.3 Å². The average Bonchev–Trinajstić information content (AvgIpc) is 2.29. The molecule has 0 amide bonds. The number of carbonyl (C=O) groups excluding carboxylic acids is 1. The summed E-state index contributed by atoms with van der Waals surface area (Å²) in [5.41, 5.74) is 0.905. The van der Waals surface area contributed by atoms with Crippen molar-refractivity contribution in [2.24, 2.45) is 0 Å². The lowest BCUT2D eigenvalue weighted by Gasteiger charge is -2.21. The summed E-state index contributed by atoms with van der Waals surface area (Å²) in [7, 11) is 1.59. The van der Waals surface area contributed by atoms with Crippen LogP contribution < -0.4 is 4.74 Å². The van der Waals surface area contributed by atoms with E-state index in [0.717, 1.165) is 5.56 Å². The summed E-state index contributed by atoms with van der Waals surface area (Å²) in [5.74, 6) is 0.934. The third-order valence-electron chi connectivity index (χ3n) is 2.45. The van der Waals surface area contributed by atoms with Gasteiger partial charge in [-0.15, -0.1) is 0 Å². The van der Waals surface area contributed by atoms with Gasteiger partial charge >= 0.3 is 0 Å². The Bertz CT molecular complexity index is 365. The predicted molar refractivity (Wildman–Crippen MR) is 53.7 cm³/mol. The molecule has 0 aliphatic carbocycles. The summed E-state index contributed by atoms with van der Waals surface area (Å²) < 4.78 is 10.6. The molecular weight excluding hydrogens is 194 g/mol. The van der Waals surface area contributed by atoms with Gasteiger partial charge in [-0.05, 0) is 6.07 Å². The normalized spacial score (nSPS) is 21.4. The summed E-state index contributed by atoms with van der Waals surface area (Å²) in [4.78, 5) is 15.3. The number of ketones is 1. The van der Waals surface area contributed by atoms with Gasteiger partial charge in [-0.1, -0.05) is 0 Å². The molecule has 80 valence electrons. The number of hydrogen-bond donors (Lipinski definition) is 0. The first-order chi connectivity index (χ1) is 7.29. The van der Waals surface area contributed by atoms with Gasteiger partial charge in [0.2, 0.25) is 0 Å². The number of aromatic nitrogens is 1. The second kappa shape index (κ2) is 4.40. The standard InChI is InChI=1S/C11H13NO3/c1-14-10-4-8(6-12-7-10)11-5-9(13)2-3-15-11/h4,6-7,11H,2-3,5H2,1H3. The maximum Gasteiger partial charge on any atom is 0.138 e. The molecule has 2 rings (SSSR count). The Balaban J connectivity index is 2.17. The Morgan fingerprint density at radius 2 is 2.40 bits per heavy atom. The highest BCUT2D eigenvalue weighted by Gasteiger charge is 2.22. The molecule has 2 heterocycles. The van der Waals surface area contributed by atoms with Crippen molar-refractivity contribution in [2.45, 2.75) is 18.9 Å². The third-order valence-corrected chi connectivity index (χ3v) is 2.45. The van der Waals surface area contributed by atoms with Gasteiger partial charge < -0.3 is 9.47 Å². The largest absolute Gasteiger partial charge is 0.495 e. The maximum atomic E-state index is 11.3. The summed E-state index contributed by atoms with van der Waals surface area (Å²) in [6, 6.07) is 1.86. The SMILES string of the molecule is COc1cncc(C2CC(=O)CCO2)c1. The molecule has 1 fully saturated rings. The van der Waals surface area contributed by atoms with Crippen LogP contribution in [-0.4, -0.2) is 24.5 Å². The van der Waals surface area contributed by atoms with E-state index in [0.29, 0.717) is 25.2 Å². The molecule has 0 spiro atoms. The Hall–Kier alpha value is -1.42. The van der Waals surface area contributed by atoms with Crippen LogP contribution in [0.3, 0.4) is 0 Å². The topological polar surface area (TPSA) is 48.4 Å². The summed E-state index contributed by atoms with van der Waals surface area (Å²) in [5, 5.41) is 0. The molecule has 15 heavy (non-hydrogen) atoms. The van der Waals surface area contributed by atoms with Gasteiger partial charge in [0, 0.05) is 24.6 Å². The molecule has 0 radical (unpaired) electrons. The zero-order valence-electron chi connectivity index (χ0n) is 8.60. The number of Topliss-reactive ketones (excluding diaryl/α,β-unsaturated/α-hetero) is 1. The predicted octanol–water partition coefficient (Wildman–Crippen LogP) is 1.51. The molecule has 4 nitrogen and oxygen atoms in total. The van der Waals surface area contributed by atoms with Crippen molar-refractivity contribution in [3.05, 3.63) is 24.0 Å². The molecule has 0 N–H and O–H groups in total. The number of ether oxygens (including phenoxy) is 2.